The quantitative estimate of drug-likeness (QED) is 0.806. The topological polar surface area (TPSA) is 91.1 Å². The van der Waals surface area contributed by atoms with Gasteiger partial charge in [0.1, 0.15) is 24.2 Å². The van der Waals surface area contributed by atoms with E-state index in [0.717, 1.165) is 43.1 Å². The van der Waals surface area contributed by atoms with Crippen LogP contribution in [0.3, 0.4) is 0 Å². The van der Waals surface area contributed by atoms with Crippen molar-refractivity contribution >= 4 is 17.7 Å². The lowest BCUT2D eigenvalue weighted by molar-refractivity contribution is 0.00101. The number of aliphatic hydroxyl groups excluding tert-OH is 2. The number of hydrogen-bond acceptors (Lipinski definition) is 7. The zero-order valence-corrected chi connectivity index (χ0v) is 16.7. The smallest absolute Gasteiger partial charge is 0.158 e. The SMILES string of the molecule is CC[C@H]1OC(CCC2CC=Nc3c2ncnc3N2CCCCCC2)[C@H](O)[C@@H]1O. The maximum atomic E-state index is 10.3. The third-order valence-electron chi connectivity index (χ3n) is 6.40. The third-order valence-corrected chi connectivity index (χ3v) is 6.40. The summed E-state index contributed by atoms with van der Waals surface area (Å²) in [7, 11) is 0. The van der Waals surface area contributed by atoms with Crippen molar-refractivity contribution in [2.75, 3.05) is 18.0 Å². The van der Waals surface area contributed by atoms with Crippen LogP contribution in [-0.2, 0) is 4.74 Å². The highest BCUT2D eigenvalue weighted by Crippen LogP contribution is 2.40. The van der Waals surface area contributed by atoms with Crippen LogP contribution in [0.4, 0.5) is 11.5 Å². The van der Waals surface area contributed by atoms with Crippen LogP contribution in [-0.4, -0.2) is 63.9 Å². The minimum absolute atomic E-state index is 0.245. The van der Waals surface area contributed by atoms with Crippen LogP contribution in [0.2, 0.25) is 0 Å². The number of ether oxygens (including phenoxy) is 1. The number of aliphatic hydroxyl groups is 2. The van der Waals surface area contributed by atoms with Crippen molar-refractivity contribution in [2.24, 2.45) is 4.99 Å². The van der Waals surface area contributed by atoms with Gasteiger partial charge in [-0.05, 0) is 38.5 Å². The van der Waals surface area contributed by atoms with Crippen molar-refractivity contribution in [1.29, 1.82) is 0 Å². The third kappa shape index (κ3) is 3.93. The molecule has 0 bridgehead atoms. The summed E-state index contributed by atoms with van der Waals surface area (Å²) in [5.41, 5.74) is 1.93. The maximum absolute atomic E-state index is 10.3. The van der Waals surface area contributed by atoms with Crippen molar-refractivity contribution in [3.05, 3.63) is 12.0 Å². The van der Waals surface area contributed by atoms with Gasteiger partial charge < -0.3 is 19.8 Å². The zero-order valence-electron chi connectivity index (χ0n) is 16.7. The Hall–Kier alpha value is -1.57. The van der Waals surface area contributed by atoms with Crippen LogP contribution in [0.1, 0.15) is 69.9 Å². The first kappa shape index (κ1) is 19.7. The molecule has 0 amide bonds. The molecule has 2 unspecified atom stereocenters. The molecule has 2 saturated heterocycles. The lowest BCUT2D eigenvalue weighted by Crippen LogP contribution is -2.32. The molecule has 2 fully saturated rings. The molecule has 3 aliphatic heterocycles. The van der Waals surface area contributed by atoms with E-state index in [1.54, 1.807) is 6.33 Å². The molecule has 1 aromatic rings. The molecular formula is C21H32N4O3. The molecule has 7 nitrogen and oxygen atoms in total. The Morgan fingerprint density at radius 2 is 1.79 bits per heavy atom. The molecule has 154 valence electrons. The molecule has 1 aromatic heterocycles. The Kier molecular flexibility index (Phi) is 6.23. The van der Waals surface area contributed by atoms with E-state index >= 15 is 0 Å². The van der Waals surface area contributed by atoms with Gasteiger partial charge in [-0.3, -0.25) is 4.99 Å². The van der Waals surface area contributed by atoms with Crippen LogP contribution in [0, 0.1) is 0 Å². The largest absolute Gasteiger partial charge is 0.388 e. The minimum atomic E-state index is -0.806. The standard InChI is InChI=1S/C21H32N4O3/c1-2-15-19(26)20(27)16(28-15)8-7-14-9-10-22-18-17(14)23-13-24-21(18)25-11-5-3-4-6-12-25/h10,13-16,19-20,26-27H,2-9,11-12H2,1H3/t14?,15-,16?,19-,20+/m1/s1. The highest BCUT2D eigenvalue weighted by molar-refractivity contribution is 5.76. The van der Waals surface area contributed by atoms with E-state index in [0.29, 0.717) is 12.8 Å². The molecule has 5 atom stereocenters. The monoisotopic (exact) mass is 388 g/mol. The summed E-state index contributed by atoms with van der Waals surface area (Å²) in [6.45, 7) is 4.03. The summed E-state index contributed by atoms with van der Waals surface area (Å²) >= 11 is 0. The summed E-state index contributed by atoms with van der Waals surface area (Å²) in [5.74, 6) is 1.21. The Balaban J connectivity index is 1.47. The first-order chi connectivity index (χ1) is 13.7. The molecule has 3 aliphatic rings. The van der Waals surface area contributed by atoms with Gasteiger partial charge in [-0.25, -0.2) is 9.97 Å². The normalized spacial score (nSPS) is 33.0. The molecular weight excluding hydrogens is 356 g/mol. The number of aliphatic imine (C=N–C) groups is 1. The van der Waals surface area contributed by atoms with Gasteiger partial charge in [0.15, 0.2) is 5.82 Å². The van der Waals surface area contributed by atoms with Gasteiger partial charge in [-0.15, -0.1) is 0 Å². The Bertz CT molecular complexity index is 690. The molecule has 4 rings (SSSR count). The first-order valence-corrected chi connectivity index (χ1v) is 10.8. The fourth-order valence-corrected chi connectivity index (χ4v) is 4.72. The summed E-state index contributed by atoms with van der Waals surface area (Å²) in [5, 5.41) is 20.4. The molecule has 4 heterocycles. The van der Waals surface area contributed by atoms with Crippen molar-refractivity contribution in [2.45, 2.75) is 88.6 Å². The second-order valence-electron chi connectivity index (χ2n) is 8.26. The fraction of sp³-hybridized carbons (Fsp3) is 0.762. The van der Waals surface area contributed by atoms with Crippen LogP contribution in [0.15, 0.2) is 11.3 Å². The number of nitrogens with zero attached hydrogens (tertiary/aromatic N) is 4. The molecule has 7 heteroatoms. The van der Waals surface area contributed by atoms with Crippen molar-refractivity contribution in [3.63, 3.8) is 0 Å². The number of anilines is 1. The second kappa shape index (κ2) is 8.84. The highest BCUT2D eigenvalue weighted by Gasteiger charge is 2.41. The molecule has 0 saturated carbocycles. The van der Waals surface area contributed by atoms with Crippen LogP contribution >= 0.6 is 0 Å². The van der Waals surface area contributed by atoms with E-state index in [9.17, 15) is 10.2 Å². The molecule has 0 radical (unpaired) electrons. The minimum Gasteiger partial charge on any atom is -0.388 e. The van der Waals surface area contributed by atoms with E-state index in [1.165, 1.54) is 25.7 Å². The van der Waals surface area contributed by atoms with E-state index in [1.807, 2.05) is 13.1 Å². The highest BCUT2D eigenvalue weighted by atomic mass is 16.5. The van der Waals surface area contributed by atoms with E-state index < -0.39 is 12.2 Å². The number of aromatic nitrogens is 2. The van der Waals surface area contributed by atoms with E-state index in [-0.39, 0.29) is 18.1 Å². The van der Waals surface area contributed by atoms with Gasteiger partial charge in [0.25, 0.3) is 0 Å². The van der Waals surface area contributed by atoms with E-state index in [4.69, 9.17) is 4.74 Å². The Morgan fingerprint density at radius 3 is 2.50 bits per heavy atom. The summed E-state index contributed by atoms with van der Waals surface area (Å²) < 4.78 is 5.87. The average molecular weight is 389 g/mol. The predicted molar refractivity (Wildman–Crippen MR) is 108 cm³/mol. The molecule has 0 spiro atoms. The fourth-order valence-electron chi connectivity index (χ4n) is 4.72. The molecule has 28 heavy (non-hydrogen) atoms. The summed E-state index contributed by atoms with van der Waals surface area (Å²) in [4.78, 5) is 16.2. The zero-order chi connectivity index (χ0) is 19.5. The van der Waals surface area contributed by atoms with Crippen LogP contribution < -0.4 is 4.90 Å². The Labute approximate surface area is 166 Å². The second-order valence-corrected chi connectivity index (χ2v) is 8.26. The van der Waals surface area contributed by atoms with Crippen molar-refractivity contribution in [3.8, 4) is 0 Å². The summed E-state index contributed by atoms with van der Waals surface area (Å²) in [6.07, 6.45) is 9.54. The van der Waals surface area contributed by atoms with Gasteiger partial charge in [-0.2, -0.15) is 0 Å². The lowest BCUT2D eigenvalue weighted by Gasteiger charge is -2.27. The molecule has 0 aliphatic carbocycles. The lowest BCUT2D eigenvalue weighted by atomic mass is 9.90. The predicted octanol–water partition coefficient (Wildman–Crippen LogP) is 2.73. The van der Waals surface area contributed by atoms with Crippen LogP contribution in [0.5, 0.6) is 0 Å². The number of fused-ring (bicyclic) bond motifs is 1. The van der Waals surface area contributed by atoms with Gasteiger partial charge >= 0.3 is 0 Å². The van der Waals surface area contributed by atoms with Gasteiger partial charge in [0.05, 0.1) is 17.9 Å². The van der Waals surface area contributed by atoms with Crippen molar-refractivity contribution in [1.82, 2.24) is 9.97 Å². The van der Waals surface area contributed by atoms with E-state index in [2.05, 4.69) is 19.9 Å². The number of rotatable bonds is 5. The number of hydrogen-bond donors (Lipinski definition) is 2. The molecule has 0 aromatic carbocycles. The Morgan fingerprint density at radius 1 is 1.04 bits per heavy atom. The maximum Gasteiger partial charge on any atom is 0.158 e. The average Bonchev–Trinajstić information content (AvgIpc) is 2.91. The molecule has 2 N–H and O–H groups in total. The van der Waals surface area contributed by atoms with Crippen LogP contribution in [0.25, 0.3) is 0 Å². The van der Waals surface area contributed by atoms with Crippen molar-refractivity contribution < 1.29 is 14.9 Å². The van der Waals surface area contributed by atoms with Gasteiger partial charge in [-0.1, -0.05) is 19.8 Å². The van der Waals surface area contributed by atoms with Gasteiger partial charge in [0.2, 0.25) is 0 Å². The summed E-state index contributed by atoms with van der Waals surface area (Å²) in [6, 6.07) is 0. The van der Waals surface area contributed by atoms with Gasteiger partial charge in [0, 0.05) is 25.2 Å². The first-order valence-electron chi connectivity index (χ1n) is 10.8.